The first-order valence-corrected chi connectivity index (χ1v) is 19.0. The Hall–Kier alpha value is -2.98. The summed E-state index contributed by atoms with van der Waals surface area (Å²) in [5, 5.41) is 6.06. The van der Waals surface area contributed by atoms with Crippen LogP contribution in [-0.4, -0.2) is 76.7 Å². The molecule has 0 radical (unpaired) electrons. The van der Waals surface area contributed by atoms with Crippen LogP contribution in [0.2, 0.25) is 25.7 Å². The third-order valence-corrected chi connectivity index (χ3v) is 9.93. The average Bonchev–Trinajstić information content (AvgIpc) is 3.50. The minimum atomic E-state index is -1.20. The predicted octanol–water partition coefficient (Wildman–Crippen LogP) is 6.59. The van der Waals surface area contributed by atoms with E-state index in [9.17, 15) is 4.79 Å². The SMILES string of the molecule is C[C@H]1CN(c2cc(-c3c4cc(CC5(C)CC5)ccc4nn3COCC[Si](C)(C)C)ncn2)CCN1C(=O)OC(C)(C)C. The van der Waals surface area contributed by atoms with Crippen molar-refractivity contribution in [1.29, 1.82) is 0 Å². The first kappa shape index (κ1) is 30.5. The Morgan fingerprint density at radius 3 is 2.55 bits per heavy atom. The minimum Gasteiger partial charge on any atom is -0.444 e. The van der Waals surface area contributed by atoms with Crippen LogP contribution >= 0.6 is 0 Å². The van der Waals surface area contributed by atoms with E-state index in [2.05, 4.69) is 67.6 Å². The summed E-state index contributed by atoms with van der Waals surface area (Å²) in [5.41, 5.74) is 3.98. The van der Waals surface area contributed by atoms with Crippen molar-refractivity contribution in [1.82, 2.24) is 24.6 Å². The summed E-state index contributed by atoms with van der Waals surface area (Å²) in [6.45, 7) is 20.2. The Labute approximate surface area is 251 Å². The summed E-state index contributed by atoms with van der Waals surface area (Å²) in [6.07, 6.45) is 5.03. The molecule has 3 aromatic rings. The van der Waals surface area contributed by atoms with Gasteiger partial charge in [0.2, 0.25) is 0 Å². The lowest BCUT2D eigenvalue weighted by Crippen LogP contribution is -2.55. The third-order valence-electron chi connectivity index (χ3n) is 8.22. The molecule has 1 aromatic carbocycles. The quantitative estimate of drug-likeness (QED) is 0.205. The number of anilines is 1. The zero-order valence-corrected chi connectivity index (χ0v) is 27.7. The third kappa shape index (κ3) is 7.50. The van der Waals surface area contributed by atoms with Crippen LogP contribution in [0.25, 0.3) is 22.3 Å². The van der Waals surface area contributed by atoms with Gasteiger partial charge in [-0.2, -0.15) is 5.10 Å². The van der Waals surface area contributed by atoms with E-state index in [0.29, 0.717) is 31.8 Å². The molecule has 9 nitrogen and oxygen atoms in total. The highest BCUT2D eigenvalue weighted by Crippen LogP contribution is 2.48. The normalized spacial score (nSPS) is 18.9. The summed E-state index contributed by atoms with van der Waals surface area (Å²) in [5.74, 6) is 0.845. The smallest absolute Gasteiger partial charge is 0.410 e. The topological polar surface area (TPSA) is 85.6 Å². The number of aromatic nitrogens is 4. The molecule has 1 aliphatic heterocycles. The van der Waals surface area contributed by atoms with Crippen LogP contribution in [0.5, 0.6) is 0 Å². The lowest BCUT2D eigenvalue weighted by atomic mass is 9.97. The zero-order valence-electron chi connectivity index (χ0n) is 26.7. The number of hydrogen-bond donors (Lipinski definition) is 0. The molecule has 1 atom stereocenters. The van der Waals surface area contributed by atoms with E-state index < -0.39 is 13.7 Å². The predicted molar refractivity (Wildman–Crippen MR) is 171 cm³/mol. The molecule has 1 saturated heterocycles. The maximum absolute atomic E-state index is 12.8. The van der Waals surface area contributed by atoms with Gasteiger partial charge in [-0.15, -0.1) is 0 Å². The van der Waals surface area contributed by atoms with E-state index >= 15 is 0 Å². The van der Waals surface area contributed by atoms with Gasteiger partial charge < -0.3 is 19.3 Å². The maximum Gasteiger partial charge on any atom is 0.410 e. The lowest BCUT2D eigenvalue weighted by molar-refractivity contribution is 0.0158. The molecule has 0 unspecified atom stereocenters. The molecule has 1 aliphatic carbocycles. The molecule has 10 heteroatoms. The van der Waals surface area contributed by atoms with Crippen molar-refractivity contribution in [3.8, 4) is 11.4 Å². The van der Waals surface area contributed by atoms with Crippen LogP contribution in [0.4, 0.5) is 10.6 Å². The van der Waals surface area contributed by atoms with Crippen molar-refractivity contribution >= 4 is 30.9 Å². The maximum atomic E-state index is 12.8. The van der Waals surface area contributed by atoms with Gasteiger partial charge in [-0.05, 0) is 76.1 Å². The standard InChI is InChI=1S/C32H48N6O3Si/c1-23-20-36(13-14-37(23)30(39)41-31(2,3)4)28-18-27(33-21-34-28)29-25-17-24(19-32(5)11-12-32)9-10-26(25)35-38(29)22-40-15-16-42(6,7)8/h9-10,17-18,21,23H,11-16,19-20,22H2,1-8H3/t23-/m0/s1. The fourth-order valence-electron chi connectivity index (χ4n) is 5.47. The number of carbonyl (C=O) groups is 1. The van der Waals surface area contributed by atoms with Gasteiger partial charge in [-0.25, -0.2) is 19.4 Å². The van der Waals surface area contributed by atoms with Crippen LogP contribution in [0.15, 0.2) is 30.6 Å². The molecule has 2 fully saturated rings. The van der Waals surface area contributed by atoms with Crippen LogP contribution < -0.4 is 4.90 Å². The molecular formula is C32H48N6O3Si. The highest BCUT2D eigenvalue weighted by molar-refractivity contribution is 6.76. The van der Waals surface area contributed by atoms with Gasteiger partial charge in [-0.3, -0.25) is 0 Å². The number of benzene rings is 1. The summed E-state index contributed by atoms with van der Waals surface area (Å²) >= 11 is 0. The molecule has 0 bridgehead atoms. The van der Waals surface area contributed by atoms with Gasteiger partial charge in [0.15, 0.2) is 0 Å². The summed E-state index contributed by atoms with van der Waals surface area (Å²) in [7, 11) is -1.20. The van der Waals surface area contributed by atoms with Crippen molar-refractivity contribution in [3.63, 3.8) is 0 Å². The van der Waals surface area contributed by atoms with Gasteiger partial charge in [0, 0.05) is 51.8 Å². The summed E-state index contributed by atoms with van der Waals surface area (Å²) in [6, 6.07) is 9.80. The first-order chi connectivity index (χ1) is 19.7. The largest absolute Gasteiger partial charge is 0.444 e. The fourth-order valence-corrected chi connectivity index (χ4v) is 6.23. The second kappa shape index (κ2) is 11.6. The summed E-state index contributed by atoms with van der Waals surface area (Å²) in [4.78, 5) is 26.2. The minimum absolute atomic E-state index is 0.00973. The molecule has 2 aromatic heterocycles. The number of carbonyl (C=O) groups excluding carboxylic acids is 1. The van der Waals surface area contributed by atoms with Crippen LogP contribution in [0, 0.1) is 5.41 Å². The van der Waals surface area contributed by atoms with Gasteiger partial charge >= 0.3 is 6.09 Å². The van der Waals surface area contributed by atoms with E-state index in [1.54, 1.807) is 6.33 Å². The van der Waals surface area contributed by atoms with Crippen molar-refractivity contribution in [2.24, 2.45) is 5.41 Å². The van der Waals surface area contributed by atoms with Crippen LogP contribution in [-0.2, 0) is 22.6 Å². The summed E-state index contributed by atoms with van der Waals surface area (Å²) < 4.78 is 13.8. The van der Waals surface area contributed by atoms with Gasteiger partial charge in [-0.1, -0.05) is 32.6 Å². The number of fused-ring (bicyclic) bond motifs is 1. The molecule has 1 saturated carbocycles. The molecule has 228 valence electrons. The molecule has 3 heterocycles. The lowest BCUT2D eigenvalue weighted by Gasteiger charge is -2.40. The van der Waals surface area contributed by atoms with E-state index in [-0.39, 0.29) is 12.1 Å². The van der Waals surface area contributed by atoms with Gasteiger partial charge in [0.1, 0.15) is 24.5 Å². The van der Waals surface area contributed by atoms with E-state index in [1.807, 2.05) is 30.4 Å². The average molecular weight is 593 g/mol. The van der Waals surface area contributed by atoms with E-state index in [1.165, 1.54) is 18.4 Å². The molecule has 0 N–H and O–H groups in total. The fraction of sp³-hybridized carbons (Fsp3) is 0.625. The number of nitrogens with zero attached hydrogens (tertiary/aromatic N) is 6. The van der Waals surface area contributed by atoms with E-state index in [4.69, 9.17) is 19.6 Å². The highest BCUT2D eigenvalue weighted by Gasteiger charge is 2.37. The number of rotatable bonds is 9. The van der Waals surface area contributed by atoms with Gasteiger partial charge in [0.25, 0.3) is 0 Å². The molecule has 42 heavy (non-hydrogen) atoms. The van der Waals surface area contributed by atoms with Crippen molar-refractivity contribution < 1.29 is 14.3 Å². The molecular weight excluding hydrogens is 544 g/mol. The molecule has 0 spiro atoms. The Balaban J connectivity index is 1.41. The Morgan fingerprint density at radius 1 is 1.12 bits per heavy atom. The highest BCUT2D eigenvalue weighted by atomic mass is 28.3. The van der Waals surface area contributed by atoms with Crippen molar-refractivity contribution in [2.75, 3.05) is 31.1 Å². The number of ether oxygens (including phenoxy) is 2. The second-order valence-corrected chi connectivity index (χ2v) is 20.4. The molecule has 2 aliphatic rings. The van der Waals surface area contributed by atoms with Crippen LogP contribution in [0.3, 0.4) is 0 Å². The number of amides is 1. The van der Waals surface area contributed by atoms with Crippen molar-refractivity contribution in [2.45, 2.75) is 97.9 Å². The second-order valence-electron chi connectivity index (χ2n) is 14.8. The van der Waals surface area contributed by atoms with Crippen molar-refractivity contribution in [3.05, 3.63) is 36.2 Å². The monoisotopic (exact) mass is 592 g/mol. The van der Waals surface area contributed by atoms with Crippen LogP contribution in [0.1, 0.15) is 53.0 Å². The molecule has 5 rings (SSSR count). The van der Waals surface area contributed by atoms with Gasteiger partial charge in [0.05, 0.1) is 16.9 Å². The number of piperazine rings is 1. The van der Waals surface area contributed by atoms with E-state index in [0.717, 1.165) is 47.2 Å². The number of hydrogen-bond acceptors (Lipinski definition) is 7. The Kier molecular flexibility index (Phi) is 8.42. The Bertz CT molecular complexity index is 1420. The molecule has 1 amide bonds. The zero-order chi connectivity index (χ0) is 30.3. The first-order valence-electron chi connectivity index (χ1n) is 15.3. The Morgan fingerprint density at radius 2 is 1.88 bits per heavy atom.